The first-order valence-electron chi connectivity index (χ1n) is 9.73. The maximum Gasteiger partial charge on any atom is 0.307 e. The summed E-state index contributed by atoms with van der Waals surface area (Å²) in [6.45, 7) is 9.39. The first kappa shape index (κ1) is 20.4. The van der Waals surface area contributed by atoms with Crippen LogP contribution in [0.3, 0.4) is 0 Å². The van der Waals surface area contributed by atoms with Crippen LogP contribution in [0.4, 0.5) is 0 Å². The molecule has 0 spiro atoms. The van der Waals surface area contributed by atoms with E-state index in [2.05, 4.69) is 29.2 Å². The van der Waals surface area contributed by atoms with E-state index >= 15 is 0 Å². The Kier molecular flexibility index (Phi) is 8.10. The van der Waals surface area contributed by atoms with Gasteiger partial charge in [0.1, 0.15) is 0 Å². The SMILES string of the molecule is CCOC(=O)CCN(C(=O)C(C)C)C1CCN(Cc2ccccc2)CC1. The summed E-state index contributed by atoms with van der Waals surface area (Å²) < 4.78 is 5.02. The number of ether oxygens (including phenoxy) is 1. The lowest BCUT2D eigenvalue weighted by molar-refractivity contribution is -0.145. The molecule has 5 heteroatoms. The van der Waals surface area contributed by atoms with Gasteiger partial charge in [0.15, 0.2) is 0 Å². The van der Waals surface area contributed by atoms with Gasteiger partial charge in [0, 0.05) is 38.1 Å². The third kappa shape index (κ3) is 6.13. The third-order valence-electron chi connectivity index (χ3n) is 4.89. The molecule has 0 unspecified atom stereocenters. The predicted octanol–water partition coefficient (Wildman–Crippen LogP) is 3.09. The minimum absolute atomic E-state index is 0.0560. The van der Waals surface area contributed by atoms with E-state index in [4.69, 9.17) is 4.74 Å². The van der Waals surface area contributed by atoms with E-state index in [1.54, 1.807) is 6.92 Å². The van der Waals surface area contributed by atoms with Crippen LogP contribution in [0.5, 0.6) is 0 Å². The first-order valence-corrected chi connectivity index (χ1v) is 9.73. The second-order valence-electron chi connectivity index (χ2n) is 7.23. The van der Waals surface area contributed by atoms with Gasteiger partial charge >= 0.3 is 5.97 Å². The number of rotatable bonds is 8. The van der Waals surface area contributed by atoms with Crippen LogP contribution in [0.15, 0.2) is 30.3 Å². The van der Waals surface area contributed by atoms with E-state index in [1.807, 2.05) is 24.8 Å². The van der Waals surface area contributed by atoms with Crippen LogP contribution in [0.2, 0.25) is 0 Å². The number of nitrogens with zero attached hydrogens (tertiary/aromatic N) is 2. The lowest BCUT2D eigenvalue weighted by Gasteiger charge is -2.39. The van der Waals surface area contributed by atoms with Gasteiger partial charge in [-0.3, -0.25) is 14.5 Å². The Bertz CT molecular complexity index is 566. The molecule has 1 amide bonds. The fraction of sp³-hybridized carbons (Fsp3) is 0.619. The van der Waals surface area contributed by atoms with Crippen molar-refractivity contribution in [1.82, 2.24) is 9.80 Å². The Balaban J connectivity index is 1.90. The Morgan fingerprint density at radius 3 is 2.42 bits per heavy atom. The fourth-order valence-corrected chi connectivity index (χ4v) is 3.48. The Morgan fingerprint density at radius 1 is 1.19 bits per heavy atom. The number of carbonyl (C=O) groups excluding carboxylic acids is 2. The van der Waals surface area contributed by atoms with Crippen molar-refractivity contribution >= 4 is 11.9 Å². The van der Waals surface area contributed by atoms with Crippen LogP contribution < -0.4 is 0 Å². The molecule has 1 saturated heterocycles. The van der Waals surface area contributed by atoms with E-state index in [-0.39, 0.29) is 30.3 Å². The molecule has 0 aliphatic carbocycles. The molecule has 1 aromatic rings. The summed E-state index contributed by atoms with van der Waals surface area (Å²) in [5.41, 5.74) is 1.32. The second kappa shape index (κ2) is 10.3. The number of benzene rings is 1. The average Bonchev–Trinajstić information content (AvgIpc) is 2.64. The smallest absolute Gasteiger partial charge is 0.307 e. The highest BCUT2D eigenvalue weighted by atomic mass is 16.5. The molecule has 1 aliphatic heterocycles. The topological polar surface area (TPSA) is 49.9 Å². The molecule has 0 radical (unpaired) electrons. The molecule has 5 nitrogen and oxygen atoms in total. The number of esters is 1. The van der Waals surface area contributed by atoms with Crippen molar-refractivity contribution in [3.63, 3.8) is 0 Å². The van der Waals surface area contributed by atoms with Crippen molar-refractivity contribution in [1.29, 1.82) is 0 Å². The van der Waals surface area contributed by atoms with Crippen LogP contribution in [-0.2, 0) is 20.9 Å². The zero-order chi connectivity index (χ0) is 18.9. The van der Waals surface area contributed by atoms with E-state index < -0.39 is 0 Å². The van der Waals surface area contributed by atoms with E-state index in [0.29, 0.717) is 13.2 Å². The molecule has 1 heterocycles. The summed E-state index contributed by atoms with van der Waals surface area (Å²) in [7, 11) is 0. The standard InChI is InChI=1S/C21H32N2O3/c1-4-26-20(24)12-15-23(21(25)17(2)3)19-10-13-22(14-11-19)16-18-8-6-5-7-9-18/h5-9,17,19H,4,10-16H2,1-3H3. The van der Waals surface area contributed by atoms with Crippen LogP contribution in [-0.4, -0.2) is 54.0 Å². The summed E-state index contributed by atoms with van der Waals surface area (Å²) in [4.78, 5) is 28.7. The van der Waals surface area contributed by atoms with Gasteiger partial charge < -0.3 is 9.64 Å². The molecular formula is C21H32N2O3. The van der Waals surface area contributed by atoms with E-state index in [9.17, 15) is 9.59 Å². The summed E-state index contributed by atoms with van der Waals surface area (Å²) in [5.74, 6) is -0.147. The van der Waals surface area contributed by atoms with Crippen LogP contribution in [0.25, 0.3) is 0 Å². The highest BCUT2D eigenvalue weighted by Gasteiger charge is 2.29. The van der Waals surface area contributed by atoms with Crippen molar-refractivity contribution in [3.8, 4) is 0 Å². The van der Waals surface area contributed by atoms with Gasteiger partial charge in [-0.05, 0) is 25.3 Å². The van der Waals surface area contributed by atoms with Gasteiger partial charge in [-0.15, -0.1) is 0 Å². The van der Waals surface area contributed by atoms with Gasteiger partial charge in [0.2, 0.25) is 5.91 Å². The molecule has 0 atom stereocenters. The normalized spacial score (nSPS) is 15.8. The van der Waals surface area contributed by atoms with Crippen molar-refractivity contribution < 1.29 is 14.3 Å². The van der Waals surface area contributed by atoms with Crippen LogP contribution in [0.1, 0.15) is 45.6 Å². The van der Waals surface area contributed by atoms with Crippen molar-refractivity contribution in [2.45, 2.75) is 52.6 Å². The molecule has 1 fully saturated rings. The molecule has 2 rings (SSSR count). The maximum absolute atomic E-state index is 12.6. The zero-order valence-electron chi connectivity index (χ0n) is 16.3. The molecule has 1 aromatic carbocycles. The highest BCUT2D eigenvalue weighted by molar-refractivity contribution is 5.79. The predicted molar refractivity (Wildman–Crippen MR) is 103 cm³/mol. The molecule has 0 saturated carbocycles. The number of amides is 1. The van der Waals surface area contributed by atoms with E-state index in [1.165, 1.54) is 5.56 Å². The Morgan fingerprint density at radius 2 is 1.85 bits per heavy atom. The number of carbonyl (C=O) groups is 2. The minimum atomic E-state index is -0.226. The number of likely N-dealkylation sites (tertiary alicyclic amines) is 1. The van der Waals surface area contributed by atoms with Crippen molar-refractivity contribution in [3.05, 3.63) is 35.9 Å². The van der Waals surface area contributed by atoms with Crippen molar-refractivity contribution in [2.24, 2.45) is 5.92 Å². The van der Waals surface area contributed by atoms with Crippen LogP contribution in [0, 0.1) is 5.92 Å². The summed E-state index contributed by atoms with van der Waals surface area (Å²) >= 11 is 0. The quantitative estimate of drug-likeness (QED) is 0.669. The first-order chi connectivity index (χ1) is 12.5. The Labute approximate surface area is 157 Å². The number of hydrogen-bond acceptors (Lipinski definition) is 4. The second-order valence-corrected chi connectivity index (χ2v) is 7.23. The summed E-state index contributed by atoms with van der Waals surface area (Å²) in [6, 6.07) is 10.7. The maximum atomic E-state index is 12.6. The summed E-state index contributed by atoms with van der Waals surface area (Å²) in [6.07, 6.45) is 2.18. The van der Waals surface area contributed by atoms with Crippen molar-refractivity contribution in [2.75, 3.05) is 26.2 Å². The zero-order valence-corrected chi connectivity index (χ0v) is 16.3. The highest BCUT2D eigenvalue weighted by Crippen LogP contribution is 2.20. The minimum Gasteiger partial charge on any atom is -0.466 e. The third-order valence-corrected chi connectivity index (χ3v) is 4.89. The number of piperidine rings is 1. The van der Waals surface area contributed by atoms with Gasteiger partial charge in [-0.1, -0.05) is 44.2 Å². The average molecular weight is 360 g/mol. The van der Waals surface area contributed by atoms with Gasteiger partial charge in [0.05, 0.1) is 13.0 Å². The monoisotopic (exact) mass is 360 g/mol. The van der Waals surface area contributed by atoms with Gasteiger partial charge in [-0.2, -0.15) is 0 Å². The molecule has 0 bridgehead atoms. The van der Waals surface area contributed by atoms with Crippen LogP contribution >= 0.6 is 0 Å². The molecule has 0 aromatic heterocycles. The fourth-order valence-electron chi connectivity index (χ4n) is 3.48. The summed E-state index contributed by atoms with van der Waals surface area (Å²) in [5, 5.41) is 0. The largest absolute Gasteiger partial charge is 0.466 e. The Hall–Kier alpha value is -1.88. The molecule has 0 N–H and O–H groups in total. The molecule has 26 heavy (non-hydrogen) atoms. The molecular weight excluding hydrogens is 328 g/mol. The van der Waals surface area contributed by atoms with E-state index in [0.717, 1.165) is 32.5 Å². The number of hydrogen-bond donors (Lipinski definition) is 0. The van der Waals surface area contributed by atoms with Gasteiger partial charge in [-0.25, -0.2) is 0 Å². The lowest BCUT2D eigenvalue weighted by atomic mass is 10.00. The lowest BCUT2D eigenvalue weighted by Crippen LogP contribution is -2.49. The molecule has 144 valence electrons. The molecule has 1 aliphatic rings. The van der Waals surface area contributed by atoms with Gasteiger partial charge in [0.25, 0.3) is 0 Å².